The van der Waals surface area contributed by atoms with Crippen molar-refractivity contribution >= 4 is 11.9 Å². The molecule has 44 heavy (non-hydrogen) atoms. The average Bonchev–Trinajstić information content (AvgIpc) is 2.99. The monoisotopic (exact) mass is 624 g/mol. The SMILES string of the molecule is CCCCCCCCC(CCCCCCCC)OC(=O)CCCCN(CCO)CCCCCCCCC(=O)OCC=C(C)C. The lowest BCUT2D eigenvalue weighted by Crippen LogP contribution is -2.29. The molecule has 0 aromatic heterocycles. The van der Waals surface area contributed by atoms with Crippen LogP contribution >= 0.6 is 0 Å². The van der Waals surface area contributed by atoms with Gasteiger partial charge in [0.15, 0.2) is 0 Å². The normalized spacial score (nSPS) is 11.3. The van der Waals surface area contributed by atoms with E-state index in [9.17, 15) is 14.7 Å². The molecule has 0 bridgehead atoms. The van der Waals surface area contributed by atoms with Gasteiger partial charge in [-0.2, -0.15) is 0 Å². The quantitative estimate of drug-likeness (QED) is 0.0445. The van der Waals surface area contributed by atoms with Gasteiger partial charge in [-0.1, -0.05) is 109 Å². The molecule has 6 nitrogen and oxygen atoms in total. The molecule has 0 spiro atoms. The number of carbonyl (C=O) groups excluding carboxylic acids is 2. The van der Waals surface area contributed by atoms with E-state index in [1.54, 1.807) is 0 Å². The summed E-state index contributed by atoms with van der Waals surface area (Å²) in [5, 5.41) is 9.51. The van der Waals surface area contributed by atoms with Crippen molar-refractivity contribution in [3.8, 4) is 0 Å². The third-order valence-corrected chi connectivity index (χ3v) is 8.42. The largest absolute Gasteiger partial charge is 0.462 e. The van der Waals surface area contributed by atoms with Crippen molar-refractivity contribution in [2.24, 2.45) is 0 Å². The Morgan fingerprint density at radius 2 is 1.07 bits per heavy atom. The number of esters is 2. The average molecular weight is 624 g/mol. The first-order valence-electron chi connectivity index (χ1n) is 18.7. The highest BCUT2D eigenvalue weighted by Crippen LogP contribution is 2.18. The molecule has 1 N–H and O–H groups in total. The van der Waals surface area contributed by atoms with Crippen LogP contribution in [0, 0.1) is 0 Å². The minimum Gasteiger partial charge on any atom is -0.462 e. The first-order chi connectivity index (χ1) is 21.4. The summed E-state index contributed by atoms with van der Waals surface area (Å²) in [6, 6.07) is 0. The van der Waals surface area contributed by atoms with E-state index >= 15 is 0 Å². The second-order valence-electron chi connectivity index (χ2n) is 13.1. The topological polar surface area (TPSA) is 76.1 Å². The number of hydrogen-bond acceptors (Lipinski definition) is 6. The molecule has 0 unspecified atom stereocenters. The first-order valence-corrected chi connectivity index (χ1v) is 18.7. The van der Waals surface area contributed by atoms with Crippen molar-refractivity contribution in [1.82, 2.24) is 4.90 Å². The number of ether oxygens (including phenoxy) is 2. The molecule has 0 aromatic rings. The smallest absolute Gasteiger partial charge is 0.306 e. The van der Waals surface area contributed by atoms with Crippen LogP contribution in [-0.4, -0.2) is 60.9 Å². The minimum atomic E-state index is -0.100. The van der Waals surface area contributed by atoms with E-state index in [4.69, 9.17) is 9.47 Å². The van der Waals surface area contributed by atoms with Crippen LogP contribution in [0.5, 0.6) is 0 Å². The van der Waals surface area contributed by atoms with E-state index in [0.717, 1.165) is 76.5 Å². The van der Waals surface area contributed by atoms with E-state index in [-0.39, 0.29) is 24.6 Å². The van der Waals surface area contributed by atoms with Gasteiger partial charge in [0, 0.05) is 19.4 Å². The Morgan fingerprint density at radius 1 is 0.614 bits per heavy atom. The highest BCUT2D eigenvalue weighted by Gasteiger charge is 2.15. The van der Waals surface area contributed by atoms with Gasteiger partial charge < -0.3 is 19.5 Å². The molecule has 0 saturated heterocycles. The summed E-state index contributed by atoms with van der Waals surface area (Å²) in [5.74, 6) is -0.126. The van der Waals surface area contributed by atoms with Crippen LogP contribution in [-0.2, 0) is 19.1 Å². The lowest BCUT2D eigenvalue weighted by Gasteiger charge is -2.21. The number of carbonyl (C=O) groups is 2. The molecule has 0 fully saturated rings. The fourth-order valence-electron chi connectivity index (χ4n) is 5.58. The highest BCUT2D eigenvalue weighted by molar-refractivity contribution is 5.69. The van der Waals surface area contributed by atoms with E-state index in [0.29, 0.717) is 26.0 Å². The number of unbranched alkanes of at least 4 members (excludes halogenated alkanes) is 16. The van der Waals surface area contributed by atoms with E-state index < -0.39 is 0 Å². The lowest BCUT2D eigenvalue weighted by atomic mass is 10.0. The third kappa shape index (κ3) is 30.6. The Balaban J connectivity index is 4.13. The molecular weight excluding hydrogens is 550 g/mol. The molecule has 0 heterocycles. The molecule has 0 aliphatic carbocycles. The summed E-state index contributed by atoms with van der Waals surface area (Å²) < 4.78 is 11.2. The standard InChI is InChI=1S/C38H73NO5/c1-5-7-9-11-15-19-25-36(26-20-16-12-10-8-6-2)44-38(42)28-22-24-31-39(32-33-40)30-23-18-14-13-17-21-27-37(41)43-34-29-35(3)4/h29,36,40H,5-28,30-34H2,1-4H3. The van der Waals surface area contributed by atoms with E-state index in [1.165, 1.54) is 83.5 Å². The second-order valence-corrected chi connectivity index (χ2v) is 13.1. The summed E-state index contributed by atoms with van der Waals surface area (Å²) in [5.41, 5.74) is 1.16. The molecule has 260 valence electrons. The van der Waals surface area contributed by atoms with Crippen molar-refractivity contribution < 1.29 is 24.2 Å². The van der Waals surface area contributed by atoms with Gasteiger partial charge in [0.2, 0.25) is 0 Å². The third-order valence-electron chi connectivity index (χ3n) is 8.42. The Morgan fingerprint density at radius 3 is 1.61 bits per heavy atom. The van der Waals surface area contributed by atoms with Crippen LogP contribution in [0.4, 0.5) is 0 Å². The van der Waals surface area contributed by atoms with Crippen molar-refractivity contribution in [1.29, 1.82) is 0 Å². The van der Waals surface area contributed by atoms with Gasteiger partial charge in [-0.15, -0.1) is 0 Å². The molecule has 0 aliphatic rings. The van der Waals surface area contributed by atoms with Gasteiger partial charge in [-0.05, 0) is 84.4 Å². The summed E-state index contributed by atoms with van der Waals surface area (Å²) in [6.07, 6.45) is 28.7. The predicted molar refractivity (Wildman–Crippen MR) is 186 cm³/mol. The molecule has 0 saturated carbocycles. The van der Waals surface area contributed by atoms with Gasteiger partial charge in [0.25, 0.3) is 0 Å². The van der Waals surface area contributed by atoms with E-state index in [1.807, 2.05) is 19.9 Å². The molecule has 0 aromatic carbocycles. The zero-order valence-electron chi connectivity index (χ0n) is 29.7. The summed E-state index contributed by atoms with van der Waals surface area (Å²) >= 11 is 0. The Labute approximate surface area is 273 Å². The predicted octanol–water partition coefficient (Wildman–Crippen LogP) is 10.1. The maximum atomic E-state index is 12.7. The van der Waals surface area contributed by atoms with Gasteiger partial charge >= 0.3 is 11.9 Å². The summed E-state index contributed by atoms with van der Waals surface area (Å²) in [7, 11) is 0. The minimum absolute atomic E-state index is 0.0261. The van der Waals surface area contributed by atoms with Gasteiger partial charge in [0.05, 0.1) is 6.61 Å². The molecule has 0 amide bonds. The number of rotatable bonds is 33. The van der Waals surface area contributed by atoms with Gasteiger partial charge in [-0.25, -0.2) is 0 Å². The van der Waals surface area contributed by atoms with Crippen LogP contribution < -0.4 is 0 Å². The van der Waals surface area contributed by atoms with Crippen molar-refractivity contribution in [3.05, 3.63) is 11.6 Å². The zero-order chi connectivity index (χ0) is 32.5. The number of nitrogens with zero attached hydrogens (tertiary/aromatic N) is 1. The van der Waals surface area contributed by atoms with Crippen LogP contribution in [0.15, 0.2) is 11.6 Å². The summed E-state index contributed by atoms with van der Waals surface area (Å²) in [6.45, 7) is 11.7. The second kappa shape index (κ2) is 33.0. The number of hydrogen-bond donors (Lipinski definition) is 1. The van der Waals surface area contributed by atoms with E-state index in [2.05, 4.69) is 18.7 Å². The Kier molecular flexibility index (Phi) is 31.9. The number of aliphatic hydroxyl groups is 1. The van der Waals surface area contributed by atoms with Gasteiger partial charge in [-0.3, -0.25) is 9.59 Å². The van der Waals surface area contributed by atoms with Crippen LogP contribution in [0.2, 0.25) is 0 Å². The van der Waals surface area contributed by atoms with Crippen molar-refractivity contribution in [3.63, 3.8) is 0 Å². The Bertz CT molecular complexity index is 660. The molecule has 0 atom stereocenters. The lowest BCUT2D eigenvalue weighted by molar-refractivity contribution is -0.150. The first kappa shape index (κ1) is 42.6. The molecule has 6 heteroatoms. The number of allylic oxidation sites excluding steroid dienone is 1. The van der Waals surface area contributed by atoms with Crippen molar-refractivity contribution in [2.75, 3.05) is 32.8 Å². The number of aliphatic hydroxyl groups excluding tert-OH is 1. The highest BCUT2D eigenvalue weighted by atomic mass is 16.5. The summed E-state index contributed by atoms with van der Waals surface area (Å²) in [4.78, 5) is 26.8. The maximum absolute atomic E-state index is 12.7. The molecule has 0 rings (SSSR count). The fraction of sp³-hybridized carbons (Fsp3) is 0.895. The molecular formula is C38H73NO5. The molecule has 0 radical (unpaired) electrons. The van der Waals surface area contributed by atoms with Crippen molar-refractivity contribution in [2.45, 2.75) is 188 Å². The van der Waals surface area contributed by atoms with Crippen LogP contribution in [0.1, 0.15) is 182 Å². The fourth-order valence-corrected chi connectivity index (χ4v) is 5.58. The zero-order valence-corrected chi connectivity index (χ0v) is 29.7. The van der Waals surface area contributed by atoms with Crippen LogP contribution in [0.25, 0.3) is 0 Å². The van der Waals surface area contributed by atoms with Gasteiger partial charge in [0.1, 0.15) is 12.7 Å². The Hall–Kier alpha value is -1.40. The maximum Gasteiger partial charge on any atom is 0.306 e. The molecule has 0 aliphatic heterocycles. The van der Waals surface area contributed by atoms with Crippen LogP contribution in [0.3, 0.4) is 0 Å².